The number of thiophene rings is 1. The van der Waals surface area contributed by atoms with Crippen LogP contribution >= 0.6 is 11.3 Å². The van der Waals surface area contributed by atoms with Crippen LogP contribution in [0.15, 0.2) is 46.8 Å². The molecule has 3 aromatic rings. The van der Waals surface area contributed by atoms with Crippen molar-refractivity contribution in [3.63, 3.8) is 0 Å². The number of hydrogen-bond donors (Lipinski definition) is 1. The SMILES string of the molecule is O=c1[nH]cnc2c(-c3ccccc3)scc12. The standard InChI is InChI=1S/C12H8N2OS/c15-12-9-6-16-11(10(9)13-7-14-12)8-4-2-1-3-5-8/h1-7H,(H,13,14,15). The maximum atomic E-state index is 11.5. The number of aromatic nitrogens is 2. The monoisotopic (exact) mass is 228 g/mol. The van der Waals surface area contributed by atoms with Gasteiger partial charge >= 0.3 is 0 Å². The predicted molar refractivity (Wildman–Crippen MR) is 65.7 cm³/mol. The average molecular weight is 228 g/mol. The molecule has 0 radical (unpaired) electrons. The maximum Gasteiger partial charge on any atom is 0.259 e. The average Bonchev–Trinajstić information content (AvgIpc) is 2.75. The Hall–Kier alpha value is -1.94. The predicted octanol–water partition coefficient (Wildman–Crippen LogP) is 2.65. The largest absolute Gasteiger partial charge is 0.313 e. The van der Waals surface area contributed by atoms with Crippen LogP contribution < -0.4 is 5.56 Å². The Morgan fingerprint density at radius 2 is 2.00 bits per heavy atom. The number of nitrogens with zero attached hydrogens (tertiary/aromatic N) is 1. The van der Waals surface area contributed by atoms with Crippen LogP contribution in [0.25, 0.3) is 21.3 Å². The number of nitrogens with one attached hydrogen (secondary N) is 1. The van der Waals surface area contributed by atoms with E-state index in [4.69, 9.17) is 0 Å². The summed E-state index contributed by atoms with van der Waals surface area (Å²) in [5.41, 5.74) is 1.80. The molecule has 0 fully saturated rings. The summed E-state index contributed by atoms with van der Waals surface area (Å²) < 4.78 is 0. The Morgan fingerprint density at radius 1 is 1.19 bits per heavy atom. The third-order valence-corrected chi connectivity index (χ3v) is 3.45. The highest BCUT2D eigenvalue weighted by Crippen LogP contribution is 2.31. The van der Waals surface area contributed by atoms with Crippen molar-refractivity contribution in [2.24, 2.45) is 0 Å². The van der Waals surface area contributed by atoms with Gasteiger partial charge in [-0.25, -0.2) is 4.98 Å². The summed E-state index contributed by atoms with van der Waals surface area (Å²) >= 11 is 1.55. The molecule has 1 aromatic carbocycles. The summed E-state index contributed by atoms with van der Waals surface area (Å²) in [6.45, 7) is 0. The number of rotatable bonds is 1. The lowest BCUT2D eigenvalue weighted by Gasteiger charge is -1.96. The Morgan fingerprint density at radius 3 is 2.81 bits per heavy atom. The van der Waals surface area contributed by atoms with E-state index in [1.807, 2.05) is 35.7 Å². The number of hydrogen-bond acceptors (Lipinski definition) is 3. The number of H-pyrrole nitrogens is 1. The molecule has 0 atom stereocenters. The molecule has 0 saturated carbocycles. The molecule has 0 amide bonds. The molecule has 0 unspecified atom stereocenters. The quantitative estimate of drug-likeness (QED) is 0.696. The highest BCUT2D eigenvalue weighted by Gasteiger charge is 2.09. The van der Waals surface area contributed by atoms with E-state index in [-0.39, 0.29) is 5.56 Å². The van der Waals surface area contributed by atoms with Crippen molar-refractivity contribution in [1.82, 2.24) is 9.97 Å². The van der Waals surface area contributed by atoms with Gasteiger partial charge in [0.25, 0.3) is 5.56 Å². The van der Waals surface area contributed by atoms with Crippen molar-refractivity contribution in [3.8, 4) is 10.4 Å². The van der Waals surface area contributed by atoms with Crippen LogP contribution in [0.3, 0.4) is 0 Å². The zero-order chi connectivity index (χ0) is 11.0. The van der Waals surface area contributed by atoms with E-state index in [0.717, 1.165) is 16.0 Å². The summed E-state index contributed by atoms with van der Waals surface area (Å²) in [4.78, 5) is 19.4. The van der Waals surface area contributed by atoms with Crippen molar-refractivity contribution >= 4 is 22.2 Å². The van der Waals surface area contributed by atoms with Crippen LogP contribution in [0.4, 0.5) is 0 Å². The summed E-state index contributed by atoms with van der Waals surface area (Å²) in [7, 11) is 0. The fourth-order valence-corrected chi connectivity index (χ4v) is 2.67. The fraction of sp³-hybridized carbons (Fsp3) is 0. The highest BCUT2D eigenvalue weighted by atomic mass is 32.1. The van der Waals surface area contributed by atoms with Gasteiger partial charge in [0, 0.05) is 5.38 Å². The summed E-state index contributed by atoms with van der Waals surface area (Å²) in [6, 6.07) is 9.98. The first kappa shape index (κ1) is 9.30. The first-order valence-electron chi connectivity index (χ1n) is 4.86. The summed E-state index contributed by atoms with van der Waals surface area (Å²) in [5.74, 6) is 0. The van der Waals surface area contributed by atoms with Crippen LogP contribution in [0.1, 0.15) is 0 Å². The van der Waals surface area contributed by atoms with Gasteiger partial charge < -0.3 is 4.98 Å². The van der Waals surface area contributed by atoms with Crippen molar-refractivity contribution in [2.75, 3.05) is 0 Å². The Labute approximate surface area is 95.4 Å². The van der Waals surface area contributed by atoms with Crippen molar-refractivity contribution in [3.05, 3.63) is 52.4 Å². The zero-order valence-electron chi connectivity index (χ0n) is 8.31. The van der Waals surface area contributed by atoms with Crippen molar-refractivity contribution < 1.29 is 0 Å². The van der Waals surface area contributed by atoms with E-state index in [1.165, 1.54) is 6.33 Å². The van der Waals surface area contributed by atoms with Crippen molar-refractivity contribution in [1.29, 1.82) is 0 Å². The second-order valence-electron chi connectivity index (χ2n) is 3.42. The molecule has 0 bridgehead atoms. The van der Waals surface area contributed by atoms with E-state index < -0.39 is 0 Å². The first-order chi connectivity index (χ1) is 7.86. The minimum Gasteiger partial charge on any atom is -0.313 e. The van der Waals surface area contributed by atoms with Gasteiger partial charge in [-0.05, 0) is 5.56 Å². The lowest BCUT2D eigenvalue weighted by atomic mass is 10.1. The lowest BCUT2D eigenvalue weighted by molar-refractivity contribution is 1.18. The lowest BCUT2D eigenvalue weighted by Crippen LogP contribution is -2.04. The van der Waals surface area contributed by atoms with Gasteiger partial charge in [0.1, 0.15) is 0 Å². The van der Waals surface area contributed by atoms with Crippen LogP contribution in [-0.2, 0) is 0 Å². The van der Waals surface area contributed by atoms with Crippen LogP contribution in [0.5, 0.6) is 0 Å². The van der Waals surface area contributed by atoms with Crippen LogP contribution in [-0.4, -0.2) is 9.97 Å². The zero-order valence-corrected chi connectivity index (χ0v) is 9.12. The number of aromatic amines is 1. The molecule has 3 nitrogen and oxygen atoms in total. The van der Waals surface area contributed by atoms with E-state index >= 15 is 0 Å². The van der Waals surface area contributed by atoms with Gasteiger partial charge in [-0.2, -0.15) is 0 Å². The third kappa shape index (κ3) is 1.35. The summed E-state index contributed by atoms with van der Waals surface area (Å²) in [6.07, 6.45) is 1.45. The van der Waals surface area contributed by atoms with Gasteiger partial charge in [-0.3, -0.25) is 4.79 Å². The van der Waals surface area contributed by atoms with E-state index in [2.05, 4.69) is 9.97 Å². The smallest absolute Gasteiger partial charge is 0.259 e. The minimum absolute atomic E-state index is 0.0802. The molecular formula is C12H8N2OS. The molecule has 1 N–H and O–H groups in total. The van der Waals surface area contributed by atoms with E-state index in [0.29, 0.717) is 5.39 Å². The fourth-order valence-electron chi connectivity index (χ4n) is 1.67. The molecule has 2 aromatic heterocycles. The maximum absolute atomic E-state index is 11.5. The number of benzene rings is 1. The second kappa shape index (κ2) is 3.57. The minimum atomic E-state index is -0.0802. The van der Waals surface area contributed by atoms with Gasteiger partial charge in [0.05, 0.1) is 22.1 Å². The molecule has 0 saturated heterocycles. The topological polar surface area (TPSA) is 45.8 Å². The molecule has 16 heavy (non-hydrogen) atoms. The van der Waals surface area contributed by atoms with E-state index in [1.54, 1.807) is 11.3 Å². The Bertz CT molecular complexity index is 685. The van der Waals surface area contributed by atoms with Crippen molar-refractivity contribution in [2.45, 2.75) is 0 Å². The Kier molecular flexibility index (Phi) is 2.08. The normalized spacial score (nSPS) is 10.8. The first-order valence-corrected chi connectivity index (χ1v) is 5.74. The number of fused-ring (bicyclic) bond motifs is 1. The van der Waals surface area contributed by atoms with Crippen LogP contribution in [0, 0.1) is 0 Å². The van der Waals surface area contributed by atoms with Gasteiger partial charge in [0.15, 0.2) is 0 Å². The van der Waals surface area contributed by atoms with E-state index in [9.17, 15) is 4.79 Å². The molecule has 0 aliphatic rings. The van der Waals surface area contributed by atoms with Gasteiger partial charge in [-0.15, -0.1) is 11.3 Å². The molecular weight excluding hydrogens is 220 g/mol. The van der Waals surface area contributed by atoms with Crippen LogP contribution in [0.2, 0.25) is 0 Å². The second-order valence-corrected chi connectivity index (χ2v) is 4.30. The highest BCUT2D eigenvalue weighted by molar-refractivity contribution is 7.15. The molecule has 0 aliphatic carbocycles. The van der Waals surface area contributed by atoms with Gasteiger partial charge in [-0.1, -0.05) is 30.3 Å². The molecule has 3 rings (SSSR count). The molecule has 0 spiro atoms. The third-order valence-electron chi connectivity index (χ3n) is 2.43. The molecule has 78 valence electrons. The summed E-state index contributed by atoms with van der Waals surface area (Å²) in [5, 5.41) is 2.51. The Balaban J connectivity index is 2.34. The molecule has 4 heteroatoms. The van der Waals surface area contributed by atoms with Gasteiger partial charge in [0.2, 0.25) is 0 Å². The molecule has 2 heterocycles. The molecule has 0 aliphatic heterocycles.